The van der Waals surface area contributed by atoms with Crippen molar-refractivity contribution in [1.29, 1.82) is 0 Å². The van der Waals surface area contributed by atoms with E-state index < -0.39 is 0 Å². The van der Waals surface area contributed by atoms with Gasteiger partial charge in [-0.25, -0.2) is 4.98 Å². The van der Waals surface area contributed by atoms with Crippen LogP contribution >= 0.6 is 0 Å². The van der Waals surface area contributed by atoms with Gasteiger partial charge in [0.25, 0.3) is 5.91 Å². The Morgan fingerprint density at radius 2 is 2.40 bits per heavy atom. The van der Waals surface area contributed by atoms with Crippen molar-refractivity contribution in [2.45, 2.75) is 25.3 Å². The van der Waals surface area contributed by atoms with Crippen molar-refractivity contribution >= 4 is 5.91 Å². The lowest BCUT2D eigenvalue weighted by Crippen LogP contribution is -2.47. The number of carbonyl (C=O) groups is 1. The third-order valence-corrected chi connectivity index (χ3v) is 4.61. The molecule has 2 fully saturated rings. The van der Waals surface area contributed by atoms with Crippen LogP contribution in [0, 0.1) is 5.92 Å². The molecule has 3 atom stereocenters. The maximum Gasteiger partial charge on any atom is 0.270 e. The molecule has 1 N–H and O–H groups in total. The topological polar surface area (TPSA) is 54.5 Å². The Bertz CT molecular complexity index is 534. The fraction of sp³-hybridized carbons (Fsp3) is 0.600. The lowest BCUT2D eigenvalue weighted by molar-refractivity contribution is 0.0904. The molecule has 1 unspecified atom stereocenters. The van der Waals surface area contributed by atoms with E-state index in [1.165, 1.54) is 19.5 Å². The molecule has 1 aromatic rings. The van der Waals surface area contributed by atoms with Crippen LogP contribution in [-0.2, 0) is 6.42 Å². The molecule has 1 aromatic heterocycles. The van der Waals surface area contributed by atoms with E-state index in [4.69, 9.17) is 4.74 Å². The lowest BCUT2D eigenvalue weighted by atomic mass is 9.97. The van der Waals surface area contributed by atoms with E-state index in [1.807, 2.05) is 6.07 Å². The lowest BCUT2D eigenvalue weighted by Gasteiger charge is -2.30. The largest absolute Gasteiger partial charge is 0.491 e. The van der Waals surface area contributed by atoms with Crippen molar-refractivity contribution < 1.29 is 9.53 Å². The Labute approximate surface area is 118 Å². The highest BCUT2D eigenvalue weighted by Gasteiger charge is 2.33. The maximum absolute atomic E-state index is 12.3. The number of nitrogens with one attached hydrogen (secondary N) is 1. The Hall–Kier alpha value is -1.62. The van der Waals surface area contributed by atoms with E-state index in [-0.39, 0.29) is 11.9 Å². The Morgan fingerprint density at radius 3 is 3.30 bits per heavy atom. The van der Waals surface area contributed by atoms with Gasteiger partial charge >= 0.3 is 0 Å². The maximum atomic E-state index is 12.3. The first-order valence-electron chi connectivity index (χ1n) is 7.43. The van der Waals surface area contributed by atoms with Gasteiger partial charge in [-0.05, 0) is 31.4 Å². The number of carbonyl (C=O) groups excluding carboxylic acids is 1. The Morgan fingerprint density at radius 1 is 1.45 bits per heavy atom. The third kappa shape index (κ3) is 2.16. The number of pyridine rings is 1. The van der Waals surface area contributed by atoms with Crippen molar-refractivity contribution in [3.63, 3.8) is 0 Å². The molecule has 4 heterocycles. The van der Waals surface area contributed by atoms with Gasteiger partial charge in [0, 0.05) is 31.1 Å². The fourth-order valence-electron chi connectivity index (χ4n) is 3.63. The van der Waals surface area contributed by atoms with Crippen molar-refractivity contribution in [1.82, 2.24) is 15.2 Å². The molecule has 0 aromatic carbocycles. The minimum Gasteiger partial charge on any atom is -0.491 e. The van der Waals surface area contributed by atoms with Gasteiger partial charge in [-0.3, -0.25) is 4.79 Å². The van der Waals surface area contributed by atoms with E-state index in [9.17, 15) is 4.79 Å². The highest BCUT2D eigenvalue weighted by molar-refractivity contribution is 5.92. The van der Waals surface area contributed by atoms with Gasteiger partial charge in [-0.2, -0.15) is 0 Å². The summed E-state index contributed by atoms with van der Waals surface area (Å²) >= 11 is 0. The molecule has 0 saturated carbocycles. The van der Waals surface area contributed by atoms with Gasteiger partial charge in [-0.1, -0.05) is 0 Å². The van der Waals surface area contributed by atoms with Crippen LogP contribution in [0.15, 0.2) is 12.3 Å². The normalized spacial score (nSPS) is 30.7. The standard InChI is InChI=1S/C15H19N3O2/c19-15(13-6-11-2-4-20-14(11)7-16-13)17-12-5-10-1-3-18(8-10)9-12/h6-7,10,12H,1-5,8-9H2,(H,17,19)/t10-,12-/m1/s1. The third-order valence-electron chi connectivity index (χ3n) is 4.61. The number of hydrogen-bond donors (Lipinski definition) is 1. The van der Waals surface area contributed by atoms with Gasteiger partial charge in [-0.15, -0.1) is 0 Å². The highest BCUT2D eigenvalue weighted by atomic mass is 16.5. The van der Waals surface area contributed by atoms with Crippen LogP contribution in [0.4, 0.5) is 0 Å². The second-order valence-electron chi connectivity index (χ2n) is 6.10. The molecule has 1 amide bonds. The molecule has 2 saturated heterocycles. The summed E-state index contributed by atoms with van der Waals surface area (Å²) in [6.07, 6.45) is 4.93. The Balaban J connectivity index is 1.45. The zero-order valence-electron chi connectivity index (χ0n) is 11.5. The molecule has 0 aliphatic carbocycles. The predicted molar refractivity (Wildman–Crippen MR) is 73.9 cm³/mol. The molecule has 3 aliphatic rings. The van der Waals surface area contributed by atoms with Crippen LogP contribution in [0.1, 0.15) is 28.9 Å². The minimum atomic E-state index is -0.0489. The smallest absolute Gasteiger partial charge is 0.270 e. The molecule has 20 heavy (non-hydrogen) atoms. The molecule has 5 heteroatoms. The zero-order chi connectivity index (χ0) is 13.5. The van der Waals surface area contributed by atoms with Gasteiger partial charge in [0.15, 0.2) is 0 Å². The van der Waals surface area contributed by atoms with Crippen molar-refractivity contribution in [3.8, 4) is 5.75 Å². The van der Waals surface area contributed by atoms with E-state index in [2.05, 4.69) is 15.2 Å². The van der Waals surface area contributed by atoms with Crippen LogP contribution in [0.2, 0.25) is 0 Å². The molecule has 2 bridgehead atoms. The van der Waals surface area contributed by atoms with Gasteiger partial charge in [0.05, 0.1) is 12.8 Å². The first-order chi connectivity index (χ1) is 9.78. The fourth-order valence-corrected chi connectivity index (χ4v) is 3.63. The van der Waals surface area contributed by atoms with Crippen LogP contribution in [0.5, 0.6) is 5.75 Å². The molecule has 106 valence electrons. The molecule has 3 aliphatic heterocycles. The number of rotatable bonds is 2. The number of aromatic nitrogens is 1. The second-order valence-corrected chi connectivity index (χ2v) is 6.10. The summed E-state index contributed by atoms with van der Waals surface area (Å²) < 4.78 is 5.42. The molecule has 4 rings (SSSR count). The van der Waals surface area contributed by atoms with E-state index in [1.54, 1.807) is 6.20 Å². The van der Waals surface area contributed by atoms with Crippen molar-refractivity contribution in [3.05, 3.63) is 23.5 Å². The molecular weight excluding hydrogens is 254 g/mol. The zero-order valence-corrected chi connectivity index (χ0v) is 11.5. The van der Waals surface area contributed by atoms with Crippen LogP contribution in [0.25, 0.3) is 0 Å². The van der Waals surface area contributed by atoms with E-state index in [0.717, 1.165) is 36.6 Å². The average Bonchev–Trinajstić information content (AvgIpc) is 3.04. The van der Waals surface area contributed by atoms with Crippen molar-refractivity contribution in [2.75, 3.05) is 26.2 Å². The summed E-state index contributed by atoms with van der Waals surface area (Å²) in [7, 11) is 0. The molecule has 0 radical (unpaired) electrons. The molecule has 5 nitrogen and oxygen atoms in total. The second kappa shape index (κ2) is 4.74. The van der Waals surface area contributed by atoms with Crippen LogP contribution in [0.3, 0.4) is 0 Å². The predicted octanol–water partition coefficient (Wildman–Crippen LogP) is 0.840. The number of fused-ring (bicyclic) bond motifs is 3. The van der Waals surface area contributed by atoms with Gasteiger partial charge in [0.2, 0.25) is 0 Å². The van der Waals surface area contributed by atoms with Gasteiger partial charge in [0.1, 0.15) is 11.4 Å². The monoisotopic (exact) mass is 273 g/mol. The summed E-state index contributed by atoms with van der Waals surface area (Å²) in [5, 5.41) is 3.14. The summed E-state index contributed by atoms with van der Waals surface area (Å²) in [6, 6.07) is 2.14. The Kier molecular flexibility index (Phi) is 2.88. The van der Waals surface area contributed by atoms with E-state index in [0.29, 0.717) is 12.3 Å². The first-order valence-corrected chi connectivity index (χ1v) is 7.43. The minimum absolute atomic E-state index is 0.0489. The van der Waals surface area contributed by atoms with Gasteiger partial charge < -0.3 is 15.0 Å². The van der Waals surface area contributed by atoms with E-state index >= 15 is 0 Å². The molecular formula is C15H19N3O2. The number of amides is 1. The number of nitrogens with zero attached hydrogens (tertiary/aromatic N) is 2. The average molecular weight is 273 g/mol. The van der Waals surface area contributed by atoms with Crippen molar-refractivity contribution in [2.24, 2.45) is 5.92 Å². The summed E-state index contributed by atoms with van der Waals surface area (Å²) in [5.74, 6) is 1.53. The number of hydrogen-bond acceptors (Lipinski definition) is 4. The molecule has 0 spiro atoms. The van der Waals surface area contributed by atoms with Crippen LogP contribution < -0.4 is 10.1 Å². The van der Waals surface area contributed by atoms with Crippen LogP contribution in [-0.4, -0.2) is 48.1 Å². The summed E-state index contributed by atoms with van der Waals surface area (Å²) in [6.45, 7) is 4.07. The first kappa shape index (κ1) is 12.1. The number of piperidine rings is 1. The quantitative estimate of drug-likeness (QED) is 0.867. The highest BCUT2D eigenvalue weighted by Crippen LogP contribution is 2.27. The SMILES string of the molecule is O=C(N[C@@H]1C[C@H]2CCN(C2)C1)c1cc2c(cn1)OCC2. The summed E-state index contributed by atoms with van der Waals surface area (Å²) in [5.41, 5.74) is 1.61. The summed E-state index contributed by atoms with van der Waals surface area (Å²) in [4.78, 5) is 19.0. The number of ether oxygens (including phenoxy) is 1.